The maximum atomic E-state index is 13.2. The monoisotopic (exact) mass is 413 g/mol. The molecular weight excluding hydrogens is 399 g/mol. The summed E-state index contributed by atoms with van der Waals surface area (Å²) in [6, 6.07) is 3.02. The Morgan fingerprint density at radius 2 is 1.90 bits per heavy atom. The van der Waals surface area contributed by atoms with E-state index in [-0.39, 0.29) is 23.1 Å². The predicted octanol–water partition coefficient (Wildman–Crippen LogP) is 3.33. The molecular formula is C17H14F3N3O6. The first-order valence-corrected chi connectivity index (χ1v) is 7.97. The van der Waals surface area contributed by atoms with E-state index in [1.807, 2.05) is 5.32 Å². The molecule has 0 saturated heterocycles. The van der Waals surface area contributed by atoms with Gasteiger partial charge in [-0.1, -0.05) is 0 Å². The molecule has 0 bridgehead atoms. The molecule has 1 aromatic heterocycles. The van der Waals surface area contributed by atoms with Gasteiger partial charge in [0.2, 0.25) is 0 Å². The number of nitrogens with zero attached hydrogens (tertiary/aromatic N) is 1. The molecule has 154 valence electrons. The summed E-state index contributed by atoms with van der Waals surface area (Å²) in [7, 11) is 0. The molecule has 1 aromatic carbocycles. The summed E-state index contributed by atoms with van der Waals surface area (Å²) >= 11 is 0. The van der Waals surface area contributed by atoms with Crippen LogP contribution in [0.1, 0.15) is 40.3 Å². The average Bonchev–Trinajstić information content (AvgIpc) is 3.11. The summed E-state index contributed by atoms with van der Waals surface area (Å²) in [5.74, 6) is -2.40. The van der Waals surface area contributed by atoms with Crippen LogP contribution in [0.4, 0.5) is 24.5 Å². The number of carbonyl (C=O) groups excluding carboxylic acids is 3. The molecule has 0 spiro atoms. The van der Waals surface area contributed by atoms with Gasteiger partial charge in [0, 0.05) is 23.9 Å². The van der Waals surface area contributed by atoms with Crippen LogP contribution in [0, 0.1) is 10.1 Å². The van der Waals surface area contributed by atoms with Crippen LogP contribution in [0.15, 0.2) is 30.5 Å². The van der Waals surface area contributed by atoms with Crippen molar-refractivity contribution < 1.29 is 37.2 Å². The predicted molar refractivity (Wildman–Crippen MR) is 92.4 cm³/mol. The molecule has 0 aliphatic carbocycles. The van der Waals surface area contributed by atoms with Gasteiger partial charge in [-0.05, 0) is 26.0 Å². The van der Waals surface area contributed by atoms with E-state index in [1.165, 1.54) is 19.2 Å². The van der Waals surface area contributed by atoms with Crippen LogP contribution < -0.4 is 5.32 Å². The van der Waals surface area contributed by atoms with Crippen molar-refractivity contribution in [2.45, 2.75) is 26.1 Å². The van der Waals surface area contributed by atoms with E-state index in [1.54, 1.807) is 0 Å². The number of esters is 1. The number of amides is 1. The van der Waals surface area contributed by atoms with Crippen LogP contribution >= 0.6 is 0 Å². The maximum Gasteiger partial charge on any atom is 0.418 e. The lowest BCUT2D eigenvalue weighted by Gasteiger charge is -2.16. The Morgan fingerprint density at radius 3 is 2.41 bits per heavy atom. The molecule has 12 heteroatoms. The smallest absolute Gasteiger partial charge is 0.418 e. The van der Waals surface area contributed by atoms with Gasteiger partial charge in [-0.15, -0.1) is 0 Å². The number of ketones is 1. The number of carbonyl (C=O) groups is 3. The van der Waals surface area contributed by atoms with Crippen molar-refractivity contribution in [3.63, 3.8) is 0 Å². The number of halogens is 3. The largest absolute Gasteiger partial charge is 0.448 e. The number of nitro benzene ring substituents is 1. The number of H-pyrrole nitrogens is 1. The molecule has 2 aromatic rings. The minimum atomic E-state index is -4.97. The molecule has 1 atom stereocenters. The second kappa shape index (κ2) is 8.12. The SMILES string of the molecule is CC(=O)c1c[nH]c(C(=O)O[C@@H](C)C(=O)Nc2ccc([N+](=O)[O-])cc2C(F)(F)F)c1. The topological polar surface area (TPSA) is 131 Å². The Bertz CT molecular complexity index is 983. The molecule has 1 heterocycles. The molecule has 29 heavy (non-hydrogen) atoms. The van der Waals surface area contributed by atoms with Crippen LogP contribution in [0.25, 0.3) is 0 Å². The first kappa shape index (κ1) is 21.6. The number of nitrogens with one attached hydrogen (secondary N) is 2. The van der Waals surface area contributed by atoms with Gasteiger partial charge in [0.05, 0.1) is 16.2 Å². The van der Waals surface area contributed by atoms with E-state index >= 15 is 0 Å². The molecule has 9 nitrogen and oxygen atoms in total. The van der Waals surface area contributed by atoms with Crippen LogP contribution in [-0.4, -0.2) is 33.7 Å². The third-order valence-electron chi connectivity index (χ3n) is 3.74. The standard InChI is InChI=1S/C17H14F3N3O6/c1-8(24)10-5-14(21-7-10)16(26)29-9(2)15(25)22-13-4-3-11(23(27)28)6-12(13)17(18,19)20/h3-7,9,21H,1-2H3,(H,22,25)/t9-/m0/s1. The number of ether oxygens (including phenoxy) is 1. The molecule has 2 rings (SSSR count). The van der Waals surface area contributed by atoms with Crippen molar-refractivity contribution in [2.75, 3.05) is 5.32 Å². The van der Waals surface area contributed by atoms with Crippen molar-refractivity contribution in [1.82, 2.24) is 4.98 Å². The number of anilines is 1. The van der Waals surface area contributed by atoms with Gasteiger partial charge in [-0.2, -0.15) is 13.2 Å². The Morgan fingerprint density at radius 1 is 1.24 bits per heavy atom. The summed E-state index contributed by atoms with van der Waals surface area (Å²) in [6.07, 6.45) is -5.21. The van der Waals surface area contributed by atoms with E-state index < -0.39 is 46.0 Å². The number of benzene rings is 1. The Labute approximate surface area is 161 Å². The third kappa shape index (κ3) is 5.18. The summed E-state index contributed by atoms with van der Waals surface area (Å²) in [6.45, 7) is 2.40. The van der Waals surface area contributed by atoms with Crippen molar-refractivity contribution in [3.05, 3.63) is 57.4 Å². The first-order chi connectivity index (χ1) is 13.4. The zero-order chi connectivity index (χ0) is 21.9. The van der Waals surface area contributed by atoms with Gasteiger partial charge in [-0.25, -0.2) is 4.79 Å². The number of aromatic nitrogens is 1. The van der Waals surface area contributed by atoms with Gasteiger partial charge in [0.15, 0.2) is 11.9 Å². The van der Waals surface area contributed by atoms with E-state index in [9.17, 15) is 37.7 Å². The van der Waals surface area contributed by atoms with Gasteiger partial charge in [-0.3, -0.25) is 19.7 Å². The van der Waals surface area contributed by atoms with Gasteiger partial charge in [0.25, 0.3) is 11.6 Å². The fourth-order valence-electron chi connectivity index (χ4n) is 2.22. The second-order valence-corrected chi connectivity index (χ2v) is 5.88. The van der Waals surface area contributed by atoms with E-state index in [0.717, 1.165) is 19.1 Å². The molecule has 0 aliphatic heterocycles. The third-order valence-corrected chi connectivity index (χ3v) is 3.74. The molecule has 2 N–H and O–H groups in total. The van der Waals surface area contributed by atoms with E-state index in [2.05, 4.69) is 4.98 Å². The number of nitro groups is 1. The average molecular weight is 413 g/mol. The van der Waals surface area contributed by atoms with Crippen molar-refractivity contribution >= 4 is 29.0 Å². The molecule has 0 saturated carbocycles. The van der Waals surface area contributed by atoms with E-state index in [4.69, 9.17) is 4.74 Å². The number of hydrogen-bond donors (Lipinski definition) is 2. The zero-order valence-electron chi connectivity index (χ0n) is 15.0. The number of alkyl halides is 3. The number of rotatable bonds is 6. The molecule has 0 fully saturated rings. The minimum Gasteiger partial charge on any atom is -0.448 e. The van der Waals surface area contributed by atoms with Gasteiger partial charge in [0.1, 0.15) is 5.69 Å². The Kier molecular flexibility index (Phi) is 6.05. The lowest BCUT2D eigenvalue weighted by molar-refractivity contribution is -0.385. The highest BCUT2D eigenvalue weighted by molar-refractivity contribution is 5.99. The number of hydrogen-bond acceptors (Lipinski definition) is 6. The molecule has 0 aliphatic rings. The van der Waals surface area contributed by atoms with Gasteiger partial charge >= 0.3 is 12.1 Å². The number of aromatic amines is 1. The normalized spacial score (nSPS) is 12.2. The molecule has 0 unspecified atom stereocenters. The summed E-state index contributed by atoms with van der Waals surface area (Å²) < 4.78 is 44.3. The van der Waals surface area contributed by atoms with Gasteiger partial charge < -0.3 is 15.0 Å². The van der Waals surface area contributed by atoms with Crippen LogP contribution in [0.5, 0.6) is 0 Å². The van der Waals surface area contributed by atoms with E-state index in [0.29, 0.717) is 0 Å². The summed E-state index contributed by atoms with van der Waals surface area (Å²) in [4.78, 5) is 47.5. The highest BCUT2D eigenvalue weighted by Crippen LogP contribution is 2.37. The first-order valence-electron chi connectivity index (χ1n) is 7.97. The number of non-ortho nitro benzene ring substituents is 1. The summed E-state index contributed by atoms with van der Waals surface area (Å²) in [5.41, 5.74) is -2.87. The Hall–Kier alpha value is -3.70. The Balaban J connectivity index is 2.15. The van der Waals surface area contributed by atoms with Crippen LogP contribution in [0.2, 0.25) is 0 Å². The number of Topliss-reactive ketones (excluding diaryl/α,β-unsaturated/α-hetero) is 1. The van der Waals surface area contributed by atoms with Crippen LogP contribution in [0.3, 0.4) is 0 Å². The second-order valence-electron chi connectivity index (χ2n) is 5.88. The zero-order valence-corrected chi connectivity index (χ0v) is 15.0. The molecule has 1 amide bonds. The quantitative estimate of drug-likeness (QED) is 0.323. The molecule has 0 radical (unpaired) electrons. The highest BCUT2D eigenvalue weighted by atomic mass is 19.4. The summed E-state index contributed by atoms with van der Waals surface area (Å²) in [5, 5.41) is 12.6. The van der Waals surface area contributed by atoms with Crippen molar-refractivity contribution in [3.8, 4) is 0 Å². The lowest BCUT2D eigenvalue weighted by atomic mass is 10.1. The lowest BCUT2D eigenvalue weighted by Crippen LogP contribution is -2.31. The highest BCUT2D eigenvalue weighted by Gasteiger charge is 2.36. The maximum absolute atomic E-state index is 13.2. The minimum absolute atomic E-state index is 0.124. The van der Waals surface area contributed by atoms with Crippen molar-refractivity contribution in [2.24, 2.45) is 0 Å². The van der Waals surface area contributed by atoms with Crippen LogP contribution in [-0.2, 0) is 15.7 Å². The fourth-order valence-corrected chi connectivity index (χ4v) is 2.22. The van der Waals surface area contributed by atoms with Crippen molar-refractivity contribution in [1.29, 1.82) is 0 Å². The fraction of sp³-hybridized carbons (Fsp3) is 0.235.